The number of hydrogen-bond donors (Lipinski definition) is 1. The van der Waals surface area contributed by atoms with Gasteiger partial charge in [-0.15, -0.1) is 0 Å². The molecule has 0 saturated carbocycles. The summed E-state index contributed by atoms with van der Waals surface area (Å²) in [5.74, 6) is 0. The van der Waals surface area contributed by atoms with E-state index < -0.39 is 10.0 Å². The summed E-state index contributed by atoms with van der Waals surface area (Å²) in [7, 11) is -3.69. The highest BCUT2D eigenvalue weighted by atomic mass is 79.9. The van der Waals surface area contributed by atoms with Crippen LogP contribution in [0.5, 0.6) is 0 Å². The van der Waals surface area contributed by atoms with Crippen LogP contribution in [0, 0.1) is 0 Å². The van der Waals surface area contributed by atoms with E-state index >= 15 is 0 Å². The van der Waals surface area contributed by atoms with E-state index in [4.69, 9.17) is 11.6 Å². The summed E-state index contributed by atoms with van der Waals surface area (Å²) in [6, 6.07) is 12.0. The van der Waals surface area contributed by atoms with E-state index in [1.54, 1.807) is 18.2 Å². The number of sulfonamides is 1. The second-order valence-electron chi connectivity index (χ2n) is 4.23. The van der Waals surface area contributed by atoms with Crippen LogP contribution >= 0.6 is 27.5 Å². The van der Waals surface area contributed by atoms with Crippen molar-refractivity contribution in [3.63, 3.8) is 0 Å². The van der Waals surface area contributed by atoms with Crippen molar-refractivity contribution in [1.29, 1.82) is 0 Å². The van der Waals surface area contributed by atoms with Crippen LogP contribution in [0.3, 0.4) is 0 Å². The lowest BCUT2D eigenvalue weighted by atomic mass is 10.1. The molecule has 2 aromatic carbocycles. The maximum atomic E-state index is 12.3. The Morgan fingerprint density at radius 3 is 2.60 bits per heavy atom. The van der Waals surface area contributed by atoms with Crippen LogP contribution in [0.1, 0.15) is 12.5 Å². The predicted molar refractivity (Wildman–Crippen MR) is 85.8 cm³/mol. The zero-order valence-corrected chi connectivity index (χ0v) is 13.9. The minimum atomic E-state index is -3.69. The van der Waals surface area contributed by atoms with Crippen molar-refractivity contribution in [1.82, 2.24) is 0 Å². The molecule has 3 nitrogen and oxygen atoms in total. The zero-order valence-electron chi connectivity index (χ0n) is 10.7. The largest absolute Gasteiger partial charge is 0.280 e. The molecule has 0 aliphatic carbocycles. The van der Waals surface area contributed by atoms with Crippen molar-refractivity contribution in [2.75, 3.05) is 4.72 Å². The molecular weight excluding hydrogens is 362 g/mol. The smallest absolute Gasteiger partial charge is 0.263 e. The van der Waals surface area contributed by atoms with E-state index in [-0.39, 0.29) is 9.92 Å². The Morgan fingerprint density at radius 2 is 1.95 bits per heavy atom. The zero-order chi connectivity index (χ0) is 14.8. The van der Waals surface area contributed by atoms with Gasteiger partial charge in [0.1, 0.15) is 4.90 Å². The molecule has 0 aromatic heterocycles. The molecule has 0 aliphatic rings. The molecule has 0 amide bonds. The molecule has 106 valence electrons. The molecule has 0 fully saturated rings. The molecule has 2 rings (SSSR count). The van der Waals surface area contributed by atoms with Crippen LogP contribution in [0.25, 0.3) is 0 Å². The Morgan fingerprint density at radius 1 is 1.20 bits per heavy atom. The summed E-state index contributed by atoms with van der Waals surface area (Å²) in [5.41, 5.74) is 1.59. The number of halogens is 2. The molecule has 6 heteroatoms. The quantitative estimate of drug-likeness (QED) is 0.858. The average Bonchev–Trinajstić information content (AvgIpc) is 2.37. The number of rotatable bonds is 4. The number of nitrogens with one attached hydrogen (secondary N) is 1. The van der Waals surface area contributed by atoms with Crippen molar-refractivity contribution in [2.45, 2.75) is 18.2 Å². The minimum Gasteiger partial charge on any atom is -0.280 e. The van der Waals surface area contributed by atoms with Gasteiger partial charge in [0.15, 0.2) is 0 Å². The van der Waals surface area contributed by atoms with Gasteiger partial charge in [-0.05, 0) is 42.3 Å². The average molecular weight is 375 g/mol. The van der Waals surface area contributed by atoms with Gasteiger partial charge in [0.2, 0.25) is 0 Å². The third kappa shape index (κ3) is 3.53. The van der Waals surface area contributed by atoms with Crippen molar-refractivity contribution in [2.24, 2.45) is 0 Å². The third-order valence-corrected chi connectivity index (χ3v) is 5.13. The number of hydrogen-bond acceptors (Lipinski definition) is 2. The van der Waals surface area contributed by atoms with Crippen molar-refractivity contribution in [3.8, 4) is 0 Å². The van der Waals surface area contributed by atoms with Gasteiger partial charge in [0.05, 0.1) is 5.02 Å². The Bertz CT molecular complexity index is 732. The second kappa shape index (κ2) is 6.16. The van der Waals surface area contributed by atoms with Crippen molar-refractivity contribution >= 4 is 43.2 Å². The van der Waals surface area contributed by atoms with Gasteiger partial charge in [-0.1, -0.05) is 46.6 Å². The van der Waals surface area contributed by atoms with Crippen LogP contribution < -0.4 is 4.72 Å². The molecule has 0 atom stereocenters. The Kier molecular flexibility index (Phi) is 4.73. The molecule has 1 N–H and O–H groups in total. The summed E-state index contributed by atoms with van der Waals surface area (Å²) in [6.07, 6.45) is 0.842. The summed E-state index contributed by atoms with van der Waals surface area (Å²) in [5, 5.41) is 0.179. The van der Waals surface area contributed by atoms with Gasteiger partial charge in [0, 0.05) is 10.2 Å². The molecule has 2 aromatic rings. The van der Waals surface area contributed by atoms with Crippen LogP contribution in [0.15, 0.2) is 51.8 Å². The lowest BCUT2D eigenvalue weighted by Gasteiger charge is -2.10. The number of aryl methyl sites for hydroxylation is 1. The molecule has 0 bridgehead atoms. The lowest BCUT2D eigenvalue weighted by molar-refractivity contribution is 0.601. The number of benzene rings is 2. The first-order valence-corrected chi connectivity index (χ1v) is 8.64. The fourth-order valence-corrected chi connectivity index (χ4v) is 3.85. The maximum Gasteiger partial charge on any atom is 0.263 e. The monoisotopic (exact) mass is 373 g/mol. The Balaban J connectivity index is 2.35. The van der Waals surface area contributed by atoms with Gasteiger partial charge < -0.3 is 0 Å². The summed E-state index contributed by atoms with van der Waals surface area (Å²) < 4.78 is 27.9. The van der Waals surface area contributed by atoms with E-state index in [9.17, 15) is 8.42 Å². The fraction of sp³-hybridized carbons (Fsp3) is 0.143. The van der Waals surface area contributed by atoms with E-state index in [1.165, 1.54) is 6.07 Å². The highest BCUT2D eigenvalue weighted by Gasteiger charge is 2.18. The first kappa shape index (κ1) is 15.4. The summed E-state index contributed by atoms with van der Waals surface area (Å²) in [4.78, 5) is 0.0595. The predicted octanol–water partition coefficient (Wildman–Crippen LogP) is 4.47. The Labute approximate surface area is 132 Å². The third-order valence-electron chi connectivity index (χ3n) is 2.77. The molecule has 0 spiro atoms. The van der Waals surface area contributed by atoms with Crippen LogP contribution in [-0.4, -0.2) is 8.42 Å². The van der Waals surface area contributed by atoms with Crippen LogP contribution in [0.2, 0.25) is 5.02 Å². The molecule has 0 unspecified atom stereocenters. The highest BCUT2D eigenvalue weighted by Crippen LogP contribution is 2.27. The van der Waals surface area contributed by atoms with E-state index in [0.29, 0.717) is 5.69 Å². The van der Waals surface area contributed by atoms with Crippen molar-refractivity contribution in [3.05, 3.63) is 57.5 Å². The highest BCUT2D eigenvalue weighted by molar-refractivity contribution is 9.10. The normalized spacial score (nSPS) is 11.3. The van der Waals surface area contributed by atoms with Gasteiger partial charge in [-0.25, -0.2) is 8.42 Å². The van der Waals surface area contributed by atoms with E-state index in [0.717, 1.165) is 16.5 Å². The van der Waals surface area contributed by atoms with Crippen LogP contribution in [0.4, 0.5) is 5.69 Å². The summed E-state index contributed by atoms with van der Waals surface area (Å²) in [6.45, 7) is 2.01. The molecular formula is C14H13BrClNO2S. The SMILES string of the molecule is CCc1cccc(NS(=O)(=O)c2ccc(Br)cc2Cl)c1. The lowest BCUT2D eigenvalue weighted by Crippen LogP contribution is -2.13. The molecule has 0 radical (unpaired) electrons. The molecule has 20 heavy (non-hydrogen) atoms. The molecule has 0 saturated heterocycles. The van der Waals surface area contributed by atoms with Gasteiger partial charge in [0.25, 0.3) is 10.0 Å². The standard InChI is InChI=1S/C14H13BrClNO2S/c1-2-10-4-3-5-12(8-10)17-20(18,19)14-7-6-11(15)9-13(14)16/h3-9,17H,2H2,1H3. The van der Waals surface area contributed by atoms with E-state index in [1.807, 2.05) is 25.1 Å². The fourth-order valence-electron chi connectivity index (χ4n) is 1.76. The second-order valence-corrected chi connectivity index (χ2v) is 7.21. The number of anilines is 1. The first-order chi connectivity index (χ1) is 9.42. The Hall–Kier alpha value is -1.04. The summed E-state index contributed by atoms with van der Waals surface area (Å²) >= 11 is 9.24. The van der Waals surface area contributed by atoms with Gasteiger partial charge >= 0.3 is 0 Å². The molecule has 0 aliphatic heterocycles. The van der Waals surface area contributed by atoms with Gasteiger partial charge in [-0.3, -0.25) is 4.72 Å². The van der Waals surface area contributed by atoms with Gasteiger partial charge in [-0.2, -0.15) is 0 Å². The maximum absolute atomic E-state index is 12.3. The molecule has 0 heterocycles. The topological polar surface area (TPSA) is 46.2 Å². The minimum absolute atomic E-state index is 0.0595. The van der Waals surface area contributed by atoms with Crippen molar-refractivity contribution < 1.29 is 8.42 Å². The first-order valence-electron chi connectivity index (χ1n) is 5.99. The van der Waals surface area contributed by atoms with Crippen LogP contribution in [-0.2, 0) is 16.4 Å². The van der Waals surface area contributed by atoms with E-state index in [2.05, 4.69) is 20.7 Å².